The summed E-state index contributed by atoms with van der Waals surface area (Å²) in [6.45, 7) is 0.465. The second-order valence-electron chi connectivity index (χ2n) is 5.85. The molecule has 0 fully saturated rings. The van der Waals surface area contributed by atoms with Crippen LogP contribution in [0.4, 0.5) is 13.2 Å². The minimum atomic E-state index is -4.79. The highest BCUT2D eigenvalue weighted by atomic mass is 32.1. The largest absolute Gasteiger partial charge is 0.573 e. The van der Waals surface area contributed by atoms with Gasteiger partial charge < -0.3 is 4.74 Å². The van der Waals surface area contributed by atoms with Gasteiger partial charge in [0.2, 0.25) is 0 Å². The lowest BCUT2D eigenvalue weighted by Gasteiger charge is -2.12. The fraction of sp³-hybridized carbons (Fsp3) is 0.200. The van der Waals surface area contributed by atoms with Gasteiger partial charge in [0.05, 0.1) is 5.71 Å². The highest BCUT2D eigenvalue weighted by Gasteiger charge is 2.31. The first-order valence-electron chi connectivity index (χ1n) is 8.25. The second kappa shape index (κ2) is 8.35. The number of halogens is 3. The Labute approximate surface area is 158 Å². The quantitative estimate of drug-likeness (QED) is 0.626. The van der Waals surface area contributed by atoms with Gasteiger partial charge in [-0.05, 0) is 48.2 Å². The molecule has 1 aromatic carbocycles. The lowest BCUT2D eigenvalue weighted by Crippen LogP contribution is -2.18. The third-order valence-electron chi connectivity index (χ3n) is 3.88. The molecule has 1 aromatic heterocycles. The van der Waals surface area contributed by atoms with Crippen molar-refractivity contribution in [1.29, 1.82) is 0 Å². The van der Waals surface area contributed by atoms with Crippen LogP contribution in [0.3, 0.4) is 0 Å². The first-order chi connectivity index (χ1) is 12.9. The first kappa shape index (κ1) is 19.1. The fourth-order valence-electron chi connectivity index (χ4n) is 2.64. The molecule has 2 heterocycles. The van der Waals surface area contributed by atoms with Gasteiger partial charge in [-0.15, -0.1) is 24.5 Å². The molecule has 0 radical (unpaired) electrons. The molecule has 140 valence electrons. The minimum Gasteiger partial charge on any atom is -0.406 e. The van der Waals surface area contributed by atoms with E-state index < -0.39 is 18.0 Å². The lowest BCUT2D eigenvalue weighted by atomic mass is 9.94. The van der Waals surface area contributed by atoms with Crippen LogP contribution in [-0.2, 0) is 0 Å². The molecular formula is C20H16F3NO2S. The summed E-state index contributed by atoms with van der Waals surface area (Å²) >= 11 is 1.61. The molecule has 2 aromatic rings. The van der Waals surface area contributed by atoms with E-state index in [1.165, 1.54) is 18.2 Å². The van der Waals surface area contributed by atoms with Crippen LogP contribution >= 0.6 is 11.3 Å². The van der Waals surface area contributed by atoms with Crippen LogP contribution in [0.15, 0.2) is 65.0 Å². The van der Waals surface area contributed by atoms with Crippen molar-refractivity contribution in [3.05, 3.63) is 70.4 Å². The predicted molar refractivity (Wildman–Crippen MR) is 100 cm³/mol. The molecule has 1 atom stereocenters. The number of benzene rings is 1. The maximum Gasteiger partial charge on any atom is 0.573 e. The van der Waals surface area contributed by atoms with Crippen LogP contribution in [0, 0.1) is 5.92 Å². The number of allylic oxidation sites excluding steroid dienone is 3. The zero-order valence-corrected chi connectivity index (χ0v) is 15.0. The molecule has 3 nitrogen and oxygen atoms in total. The molecule has 1 aliphatic rings. The number of alkyl halides is 3. The van der Waals surface area contributed by atoms with Crippen molar-refractivity contribution < 1.29 is 22.7 Å². The number of ether oxygens (including phenoxy) is 1. The molecule has 0 amide bonds. The van der Waals surface area contributed by atoms with Gasteiger partial charge in [-0.3, -0.25) is 9.79 Å². The van der Waals surface area contributed by atoms with Gasteiger partial charge in [-0.1, -0.05) is 24.3 Å². The number of rotatable bonds is 5. The van der Waals surface area contributed by atoms with Crippen molar-refractivity contribution in [2.75, 3.05) is 6.54 Å². The molecule has 0 bridgehead atoms. The van der Waals surface area contributed by atoms with E-state index >= 15 is 0 Å². The smallest absolute Gasteiger partial charge is 0.406 e. The standard InChI is InChI=1S/C20H16F3NO2S/c21-20(22,23)26-17-4-1-3-15(13-17)19(25)14-6-7-16(24-11-10-14)8-9-18-5-2-12-27-18/h1-9,12-14H,10-11H2/b9-8+. The van der Waals surface area contributed by atoms with E-state index in [1.54, 1.807) is 23.5 Å². The van der Waals surface area contributed by atoms with Gasteiger partial charge in [0, 0.05) is 22.9 Å². The first-order valence-corrected chi connectivity index (χ1v) is 9.13. The summed E-state index contributed by atoms with van der Waals surface area (Å²) < 4.78 is 41.0. The van der Waals surface area contributed by atoms with Crippen molar-refractivity contribution in [2.24, 2.45) is 10.9 Å². The van der Waals surface area contributed by atoms with Crippen LogP contribution in [0.2, 0.25) is 0 Å². The van der Waals surface area contributed by atoms with Crippen LogP contribution in [0.5, 0.6) is 5.75 Å². The van der Waals surface area contributed by atoms with Crippen molar-refractivity contribution in [3.8, 4) is 5.75 Å². The monoisotopic (exact) mass is 391 g/mol. The van der Waals surface area contributed by atoms with Gasteiger partial charge in [-0.2, -0.15) is 0 Å². The Morgan fingerprint density at radius 1 is 1.22 bits per heavy atom. The van der Waals surface area contributed by atoms with E-state index in [0.717, 1.165) is 16.7 Å². The van der Waals surface area contributed by atoms with E-state index in [-0.39, 0.29) is 11.3 Å². The molecule has 27 heavy (non-hydrogen) atoms. The topological polar surface area (TPSA) is 38.7 Å². The fourth-order valence-corrected chi connectivity index (χ4v) is 3.26. The minimum absolute atomic E-state index is 0.184. The number of hydrogen-bond donors (Lipinski definition) is 0. The summed E-state index contributed by atoms with van der Waals surface area (Å²) in [5, 5.41) is 1.98. The molecule has 0 aliphatic carbocycles. The molecular weight excluding hydrogens is 375 g/mol. The Morgan fingerprint density at radius 3 is 2.81 bits per heavy atom. The third kappa shape index (κ3) is 5.65. The van der Waals surface area contributed by atoms with E-state index in [9.17, 15) is 18.0 Å². The van der Waals surface area contributed by atoms with Gasteiger partial charge in [-0.25, -0.2) is 0 Å². The number of aliphatic imine (C=N–C) groups is 1. The van der Waals surface area contributed by atoms with E-state index in [4.69, 9.17) is 0 Å². The van der Waals surface area contributed by atoms with E-state index in [1.807, 2.05) is 29.7 Å². The van der Waals surface area contributed by atoms with Crippen LogP contribution in [-0.4, -0.2) is 24.4 Å². The molecule has 1 unspecified atom stereocenters. The van der Waals surface area contributed by atoms with Crippen molar-refractivity contribution >= 4 is 28.9 Å². The zero-order chi connectivity index (χ0) is 19.3. The summed E-state index contributed by atoms with van der Waals surface area (Å²) in [4.78, 5) is 18.2. The number of hydrogen-bond acceptors (Lipinski definition) is 4. The molecule has 1 aliphatic heterocycles. The highest BCUT2D eigenvalue weighted by Crippen LogP contribution is 2.25. The molecule has 7 heteroatoms. The lowest BCUT2D eigenvalue weighted by molar-refractivity contribution is -0.274. The predicted octanol–water partition coefficient (Wildman–Crippen LogP) is 5.56. The Balaban J connectivity index is 1.69. The number of carbonyl (C=O) groups excluding carboxylic acids is 1. The Morgan fingerprint density at radius 2 is 2.07 bits per heavy atom. The van der Waals surface area contributed by atoms with Gasteiger partial charge in [0.25, 0.3) is 0 Å². The zero-order valence-electron chi connectivity index (χ0n) is 14.1. The van der Waals surface area contributed by atoms with Crippen molar-refractivity contribution in [3.63, 3.8) is 0 Å². The summed E-state index contributed by atoms with van der Waals surface area (Å²) in [6.07, 6.45) is 3.07. The molecule has 0 saturated heterocycles. The number of thiophene rings is 1. The van der Waals surface area contributed by atoms with Gasteiger partial charge >= 0.3 is 6.36 Å². The Hall–Kier alpha value is -2.67. The number of ketones is 1. The van der Waals surface area contributed by atoms with Crippen LogP contribution in [0.1, 0.15) is 21.7 Å². The molecule has 0 saturated carbocycles. The Bertz CT molecular complexity index is 883. The molecule has 0 spiro atoms. The van der Waals surface area contributed by atoms with Gasteiger partial charge in [0.15, 0.2) is 5.78 Å². The van der Waals surface area contributed by atoms with Gasteiger partial charge in [0.1, 0.15) is 5.75 Å². The highest BCUT2D eigenvalue weighted by molar-refractivity contribution is 7.10. The van der Waals surface area contributed by atoms with Crippen molar-refractivity contribution in [2.45, 2.75) is 12.8 Å². The SMILES string of the molecule is O=C(c1cccc(OC(F)(F)F)c1)C1C=CC(/C=C/c2cccs2)=NCC1. The van der Waals surface area contributed by atoms with Crippen LogP contribution < -0.4 is 4.74 Å². The summed E-state index contributed by atoms with van der Waals surface area (Å²) in [5.41, 5.74) is 0.942. The maximum absolute atomic E-state index is 12.7. The summed E-state index contributed by atoms with van der Waals surface area (Å²) in [5.74, 6) is -1.10. The maximum atomic E-state index is 12.7. The summed E-state index contributed by atoms with van der Waals surface area (Å²) in [7, 11) is 0. The number of Topliss-reactive ketones (excluding diaryl/α,β-unsaturated/α-hetero) is 1. The van der Waals surface area contributed by atoms with Crippen molar-refractivity contribution in [1.82, 2.24) is 0 Å². The normalized spacial score (nSPS) is 17.6. The number of carbonyl (C=O) groups is 1. The van der Waals surface area contributed by atoms with E-state index in [2.05, 4.69) is 9.73 Å². The average molecular weight is 391 g/mol. The van der Waals surface area contributed by atoms with E-state index in [0.29, 0.717) is 13.0 Å². The molecule has 3 rings (SSSR count). The Kier molecular flexibility index (Phi) is 5.91. The van der Waals surface area contributed by atoms with Crippen LogP contribution in [0.25, 0.3) is 6.08 Å². The second-order valence-corrected chi connectivity index (χ2v) is 6.83. The summed E-state index contributed by atoms with van der Waals surface area (Å²) in [6, 6.07) is 9.10. The average Bonchev–Trinajstić information content (AvgIpc) is 3.02. The number of nitrogens with zero attached hydrogens (tertiary/aromatic N) is 1. The third-order valence-corrected chi connectivity index (χ3v) is 4.72. The molecule has 0 N–H and O–H groups in total.